The highest BCUT2D eigenvalue weighted by Gasteiger charge is 2.42. The van der Waals surface area contributed by atoms with E-state index in [1.165, 1.54) is 28.5 Å². The van der Waals surface area contributed by atoms with Crippen molar-refractivity contribution in [2.45, 2.75) is 44.0 Å². The molecule has 8 nitrogen and oxygen atoms in total. The van der Waals surface area contributed by atoms with E-state index in [-0.39, 0.29) is 30.2 Å². The molecule has 4 rings (SSSR count). The molecule has 3 atom stereocenters. The van der Waals surface area contributed by atoms with Crippen LogP contribution in [0.1, 0.15) is 53.6 Å². The Balaban J connectivity index is 1.54. The van der Waals surface area contributed by atoms with Crippen molar-refractivity contribution in [3.8, 4) is 5.00 Å². The third-order valence-electron chi connectivity index (χ3n) is 5.16. The Morgan fingerprint density at radius 1 is 1.33 bits per heavy atom. The average Bonchev–Trinajstić information content (AvgIpc) is 3.47. The van der Waals surface area contributed by atoms with E-state index in [4.69, 9.17) is 4.52 Å². The molecule has 3 aromatic heterocycles. The van der Waals surface area contributed by atoms with Crippen LogP contribution in [0.4, 0.5) is 13.2 Å². The number of amides is 1. The number of aromatic nitrogens is 4. The number of thiophene rings is 1. The second-order valence-corrected chi connectivity index (χ2v) is 8.03. The third-order valence-corrected chi connectivity index (χ3v) is 6.04. The van der Waals surface area contributed by atoms with Crippen molar-refractivity contribution in [2.75, 3.05) is 6.54 Å². The fraction of sp³-hybridized carbons (Fsp3) is 0.444. The van der Waals surface area contributed by atoms with E-state index < -0.39 is 18.0 Å². The van der Waals surface area contributed by atoms with E-state index in [1.807, 2.05) is 6.92 Å². The number of aliphatic hydroxyl groups is 1. The first-order valence-electron chi connectivity index (χ1n) is 9.22. The summed E-state index contributed by atoms with van der Waals surface area (Å²) in [5, 5.41) is 23.3. The lowest BCUT2D eigenvalue weighted by Crippen LogP contribution is -2.45. The predicted octanol–water partition coefficient (Wildman–Crippen LogP) is 3.32. The molecular formula is C18H18F3N5O3S. The molecular weight excluding hydrogens is 423 g/mol. The van der Waals surface area contributed by atoms with Gasteiger partial charge in [-0.25, -0.2) is 0 Å². The van der Waals surface area contributed by atoms with Gasteiger partial charge < -0.3 is 14.5 Å². The molecule has 0 aromatic carbocycles. The monoisotopic (exact) mass is 441 g/mol. The van der Waals surface area contributed by atoms with Crippen LogP contribution in [0, 0.1) is 0 Å². The van der Waals surface area contributed by atoms with Gasteiger partial charge in [0, 0.05) is 24.6 Å². The minimum atomic E-state index is -4.83. The van der Waals surface area contributed by atoms with Crippen molar-refractivity contribution in [3.63, 3.8) is 0 Å². The number of alkyl halides is 3. The summed E-state index contributed by atoms with van der Waals surface area (Å²) in [4.78, 5) is 16.3. The molecule has 0 spiro atoms. The van der Waals surface area contributed by atoms with Gasteiger partial charge in [0.05, 0.1) is 18.0 Å². The number of likely N-dealkylation sites (tertiary alicyclic amines) is 1. The summed E-state index contributed by atoms with van der Waals surface area (Å²) in [7, 11) is 0. The highest BCUT2D eigenvalue weighted by atomic mass is 32.1. The van der Waals surface area contributed by atoms with Gasteiger partial charge in [-0.3, -0.25) is 4.79 Å². The minimum Gasteiger partial charge on any atom is -0.378 e. The van der Waals surface area contributed by atoms with E-state index in [2.05, 4.69) is 15.4 Å². The lowest BCUT2D eigenvalue weighted by atomic mass is 9.90. The normalized spacial score (nSPS) is 21.0. The second-order valence-electron chi connectivity index (χ2n) is 7.14. The van der Waals surface area contributed by atoms with Crippen LogP contribution in [-0.2, 0) is 0 Å². The smallest absolute Gasteiger partial charge is 0.378 e. The van der Waals surface area contributed by atoms with Crippen molar-refractivity contribution >= 4 is 17.2 Å². The largest absolute Gasteiger partial charge is 0.420 e. The summed E-state index contributed by atoms with van der Waals surface area (Å²) in [6.45, 7) is 2.18. The number of aliphatic hydroxyl groups excluding tert-OH is 1. The van der Waals surface area contributed by atoms with E-state index in [1.54, 1.807) is 16.3 Å². The van der Waals surface area contributed by atoms with Gasteiger partial charge in [0.2, 0.25) is 0 Å². The zero-order valence-corrected chi connectivity index (χ0v) is 16.6. The van der Waals surface area contributed by atoms with Gasteiger partial charge in [-0.05, 0) is 31.2 Å². The Bertz CT molecular complexity index is 1020. The molecule has 0 unspecified atom stereocenters. The van der Waals surface area contributed by atoms with Crippen LogP contribution < -0.4 is 0 Å². The summed E-state index contributed by atoms with van der Waals surface area (Å²) in [6, 6.07) is 2.76. The van der Waals surface area contributed by atoms with Gasteiger partial charge in [0.1, 0.15) is 11.5 Å². The average molecular weight is 441 g/mol. The highest BCUT2D eigenvalue weighted by Crippen LogP contribution is 2.36. The molecule has 3 aromatic rings. The molecule has 1 saturated heterocycles. The lowest BCUT2D eigenvalue weighted by molar-refractivity contribution is -0.208. The Hall–Kier alpha value is -2.73. The summed E-state index contributed by atoms with van der Waals surface area (Å²) < 4.78 is 43.3. The molecule has 4 heterocycles. The Morgan fingerprint density at radius 2 is 2.07 bits per heavy atom. The standard InChI is InChI=1S/C18H18F3N5O3S/c1-10-2-3-11(14-8-13(24-29-14)15(27)18(19,20)21)9-25(10)16(28)12-4-7-30-17(12)26-22-5-6-23-26/h4-8,10-11,15,27H,2-3,9H2,1H3/t10-,11-,15-/m1/s1. The fourth-order valence-electron chi connectivity index (χ4n) is 3.51. The highest BCUT2D eigenvalue weighted by molar-refractivity contribution is 7.12. The van der Waals surface area contributed by atoms with Crippen molar-refractivity contribution in [1.82, 2.24) is 25.1 Å². The van der Waals surface area contributed by atoms with Crippen LogP contribution in [0.3, 0.4) is 0 Å². The number of rotatable bonds is 4. The minimum absolute atomic E-state index is 0.0600. The number of hydrogen-bond acceptors (Lipinski definition) is 7. The van der Waals surface area contributed by atoms with Crippen molar-refractivity contribution in [3.05, 3.63) is 46.9 Å². The molecule has 1 aliphatic rings. The maximum Gasteiger partial charge on any atom is 0.420 e. The molecule has 0 bridgehead atoms. The summed E-state index contributed by atoms with van der Waals surface area (Å²) >= 11 is 1.33. The maximum absolute atomic E-state index is 13.2. The molecule has 1 aliphatic heterocycles. The van der Waals surface area contributed by atoms with Gasteiger partial charge in [0.15, 0.2) is 11.1 Å². The first-order valence-corrected chi connectivity index (χ1v) is 10.1. The van der Waals surface area contributed by atoms with Gasteiger partial charge in [-0.15, -0.1) is 16.1 Å². The maximum atomic E-state index is 13.2. The SMILES string of the molecule is C[C@@H]1CC[C@@H](c2cc([C@@H](O)C(F)(F)F)no2)CN1C(=O)c1ccsc1-n1nccn1. The summed E-state index contributed by atoms with van der Waals surface area (Å²) in [5.74, 6) is -0.315. The molecule has 0 aliphatic carbocycles. The summed E-state index contributed by atoms with van der Waals surface area (Å²) in [5.41, 5.74) is -0.131. The Morgan fingerprint density at radius 3 is 2.77 bits per heavy atom. The number of nitrogens with zero attached hydrogens (tertiary/aromatic N) is 5. The van der Waals surface area contributed by atoms with Crippen LogP contribution in [-0.4, -0.2) is 54.8 Å². The quantitative estimate of drug-likeness (QED) is 0.667. The molecule has 30 heavy (non-hydrogen) atoms. The molecule has 0 saturated carbocycles. The first kappa shape index (κ1) is 20.5. The van der Waals surface area contributed by atoms with Gasteiger partial charge in [-0.2, -0.15) is 23.4 Å². The fourth-order valence-corrected chi connectivity index (χ4v) is 4.31. The zero-order valence-electron chi connectivity index (χ0n) is 15.8. The third kappa shape index (κ3) is 3.84. The molecule has 1 N–H and O–H groups in total. The first-order chi connectivity index (χ1) is 14.3. The van der Waals surface area contributed by atoms with Gasteiger partial charge >= 0.3 is 6.18 Å². The topological polar surface area (TPSA) is 97.3 Å². The Labute approximate surface area is 172 Å². The van der Waals surface area contributed by atoms with Crippen LogP contribution in [0.25, 0.3) is 5.00 Å². The second kappa shape index (κ2) is 7.84. The lowest BCUT2D eigenvalue weighted by Gasteiger charge is -2.37. The molecule has 1 amide bonds. The van der Waals surface area contributed by atoms with E-state index in [9.17, 15) is 23.1 Å². The van der Waals surface area contributed by atoms with Crippen molar-refractivity contribution < 1.29 is 27.6 Å². The molecule has 0 radical (unpaired) electrons. The number of hydrogen-bond donors (Lipinski definition) is 1. The molecule has 12 heteroatoms. The van der Waals surface area contributed by atoms with Gasteiger partial charge in [-0.1, -0.05) is 5.16 Å². The van der Waals surface area contributed by atoms with Crippen LogP contribution in [0.15, 0.2) is 34.4 Å². The molecule has 1 fully saturated rings. The zero-order chi connectivity index (χ0) is 21.5. The van der Waals surface area contributed by atoms with Crippen LogP contribution >= 0.6 is 11.3 Å². The van der Waals surface area contributed by atoms with Gasteiger partial charge in [0.25, 0.3) is 5.91 Å². The van der Waals surface area contributed by atoms with Crippen LogP contribution in [0.2, 0.25) is 0 Å². The number of piperidine rings is 1. The molecule has 160 valence electrons. The van der Waals surface area contributed by atoms with Crippen molar-refractivity contribution in [2.24, 2.45) is 0 Å². The van der Waals surface area contributed by atoms with E-state index in [0.717, 1.165) is 6.07 Å². The van der Waals surface area contributed by atoms with Crippen molar-refractivity contribution in [1.29, 1.82) is 0 Å². The summed E-state index contributed by atoms with van der Waals surface area (Å²) in [6.07, 6.45) is -3.22. The van der Waals surface area contributed by atoms with Crippen LogP contribution in [0.5, 0.6) is 0 Å². The number of carbonyl (C=O) groups excluding carboxylic acids is 1. The number of halogens is 3. The Kier molecular flexibility index (Phi) is 5.36. The van der Waals surface area contributed by atoms with E-state index in [0.29, 0.717) is 23.4 Å². The number of carbonyl (C=O) groups is 1. The predicted molar refractivity (Wildman–Crippen MR) is 99.2 cm³/mol. The van der Waals surface area contributed by atoms with E-state index >= 15 is 0 Å².